The molecule has 1 saturated heterocycles. The average molecular weight is 431 g/mol. The number of anilines is 1. The minimum absolute atomic E-state index is 0.0870. The number of carbonyl (C=O) groups is 3. The van der Waals surface area contributed by atoms with Crippen LogP contribution in [-0.2, 0) is 9.59 Å². The van der Waals surface area contributed by atoms with E-state index in [9.17, 15) is 24.5 Å². The molecule has 9 heteroatoms. The Morgan fingerprint density at radius 2 is 1.72 bits per heavy atom. The number of non-ortho nitro benzene ring substituents is 1. The summed E-state index contributed by atoms with van der Waals surface area (Å²) in [6.45, 7) is 3.65. The highest BCUT2D eigenvalue weighted by molar-refractivity contribution is 6.39. The molecule has 0 unspecified atom stereocenters. The SMILES string of the molecule is Cc1ccc(N2C(=O)NC(=O)C(=Cc3ccc(-c4cc([N+](=O)[O-])ccc4C)o3)C2=O)cc1. The maximum atomic E-state index is 12.9. The first-order valence-corrected chi connectivity index (χ1v) is 9.58. The molecule has 1 aromatic heterocycles. The van der Waals surface area contributed by atoms with Crippen LogP contribution in [0.15, 0.2) is 64.6 Å². The van der Waals surface area contributed by atoms with Gasteiger partial charge in [-0.25, -0.2) is 9.69 Å². The van der Waals surface area contributed by atoms with Crippen molar-refractivity contribution in [2.24, 2.45) is 0 Å². The Labute approximate surface area is 182 Å². The highest BCUT2D eigenvalue weighted by Gasteiger charge is 2.37. The molecule has 160 valence electrons. The molecule has 0 atom stereocenters. The van der Waals surface area contributed by atoms with Crippen molar-refractivity contribution in [2.45, 2.75) is 13.8 Å². The van der Waals surface area contributed by atoms with Gasteiger partial charge in [-0.3, -0.25) is 25.0 Å². The van der Waals surface area contributed by atoms with Crippen LogP contribution in [0.3, 0.4) is 0 Å². The number of nitro benzene ring substituents is 1. The quantitative estimate of drug-likeness (QED) is 0.287. The van der Waals surface area contributed by atoms with E-state index in [2.05, 4.69) is 5.32 Å². The van der Waals surface area contributed by atoms with Crippen molar-refractivity contribution in [3.05, 3.63) is 87.2 Å². The summed E-state index contributed by atoms with van der Waals surface area (Å²) >= 11 is 0. The lowest BCUT2D eigenvalue weighted by Gasteiger charge is -2.26. The zero-order valence-electron chi connectivity index (χ0n) is 17.1. The molecule has 0 bridgehead atoms. The van der Waals surface area contributed by atoms with Gasteiger partial charge in [-0.2, -0.15) is 0 Å². The summed E-state index contributed by atoms with van der Waals surface area (Å²) in [6.07, 6.45) is 1.24. The fraction of sp³-hybridized carbons (Fsp3) is 0.0870. The molecule has 1 N–H and O–H groups in total. The van der Waals surface area contributed by atoms with Gasteiger partial charge in [-0.15, -0.1) is 0 Å². The summed E-state index contributed by atoms with van der Waals surface area (Å²) in [4.78, 5) is 49.0. The summed E-state index contributed by atoms with van der Waals surface area (Å²) in [5.74, 6) is -1.10. The van der Waals surface area contributed by atoms with Crippen LogP contribution in [0.25, 0.3) is 17.4 Å². The number of barbiturate groups is 1. The van der Waals surface area contributed by atoms with E-state index in [4.69, 9.17) is 4.42 Å². The van der Waals surface area contributed by atoms with Crippen molar-refractivity contribution in [2.75, 3.05) is 4.90 Å². The van der Waals surface area contributed by atoms with Crippen molar-refractivity contribution >= 4 is 35.3 Å². The van der Waals surface area contributed by atoms with E-state index in [0.717, 1.165) is 16.0 Å². The van der Waals surface area contributed by atoms with E-state index in [1.807, 2.05) is 6.92 Å². The second-order valence-electron chi connectivity index (χ2n) is 7.25. The molecule has 0 aliphatic carbocycles. The lowest BCUT2D eigenvalue weighted by molar-refractivity contribution is -0.384. The lowest BCUT2D eigenvalue weighted by Crippen LogP contribution is -2.54. The van der Waals surface area contributed by atoms with Gasteiger partial charge in [-0.1, -0.05) is 23.8 Å². The van der Waals surface area contributed by atoms with Crippen LogP contribution in [0.4, 0.5) is 16.2 Å². The molecule has 4 rings (SSSR count). The highest BCUT2D eigenvalue weighted by Crippen LogP contribution is 2.30. The highest BCUT2D eigenvalue weighted by atomic mass is 16.6. The van der Waals surface area contributed by atoms with E-state index >= 15 is 0 Å². The monoisotopic (exact) mass is 431 g/mol. The van der Waals surface area contributed by atoms with Crippen LogP contribution in [0.2, 0.25) is 0 Å². The van der Waals surface area contributed by atoms with E-state index < -0.39 is 22.8 Å². The molecule has 1 fully saturated rings. The predicted molar refractivity (Wildman–Crippen MR) is 116 cm³/mol. The van der Waals surface area contributed by atoms with E-state index in [-0.39, 0.29) is 17.0 Å². The Morgan fingerprint density at radius 1 is 1.00 bits per heavy atom. The van der Waals surface area contributed by atoms with Gasteiger partial charge in [0.15, 0.2) is 0 Å². The average Bonchev–Trinajstić information content (AvgIpc) is 3.21. The standard InChI is InChI=1S/C23H17N3O6/c1-13-3-6-15(7-4-13)25-22(28)19(21(27)24-23(25)29)12-17-9-10-20(32-17)18-11-16(26(30)31)8-5-14(18)2/h3-12H,1-2H3,(H,24,27,29). The predicted octanol–water partition coefficient (Wildman–Crippen LogP) is 4.14. The third-order valence-corrected chi connectivity index (χ3v) is 5.00. The van der Waals surface area contributed by atoms with Gasteiger partial charge in [0, 0.05) is 17.7 Å². The topological polar surface area (TPSA) is 123 Å². The maximum absolute atomic E-state index is 12.9. The molecule has 2 aromatic carbocycles. The summed E-state index contributed by atoms with van der Waals surface area (Å²) < 4.78 is 5.73. The number of imide groups is 2. The Hall–Kier alpha value is -4.53. The minimum atomic E-state index is -0.840. The number of hydrogen-bond donors (Lipinski definition) is 1. The number of amides is 4. The maximum Gasteiger partial charge on any atom is 0.335 e. The number of furan rings is 1. The van der Waals surface area contributed by atoms with Gasteiger partial charge in [0.2, 0.25) is 0 Å². The first-order valence-electron chi connectivity index (χ1n) is 9.58. The van der Waals surface area contributed by atoms with Crippen LogP contribution in [0.1, 0.15) is 16.9 Å². The number of carbonyl (C=O) groups excluding carboxylic acids is 3. The van der Waals surface area contributed by atoms with Crippen LogP contribution < -0.4 is 10.2 Å². The molecule has 0 radical (unpaired) electrons. The van der Waals surface area contributed by atoms with Gasteiger partial charge in [0.1, 0.15) is 17.1 Å². The number of nitrogens with one attached hydrogen (secondary N) is 1. The summed E-state index contributed by atoms with van der Waals surface area (Å²) in [5, 5.41) is 13.2. The van der Waals surface area contributed by atoms with Crippen molar-refractivity contribution in [3.63, 3.8) is 0 Å². The van der Waals surface area contributed by atoms with E-state index in [1.165, 1.54) is 24.3 Å². The molecule has 0 saturated carbocycles. The third kappa shape index (κ3) is 3.79. The molecule has 32 heavy (non-hydrogen) atoms. The minimum Gasteiger partial charge on any atom is -0.457 e. The molecule has 4 amide bonds. The Bertz CT molecular complexity index is 1300. The van der Waals surface area contributed by atoms with Crippen molar-refractivity contribution in [1.29, 1.82) is 0 Å². The number of urea groups is 1. The smallest absolute Gasteiger partial charge is 0.335 e. The number of rotatable bonds is 4. The summed E-state index contributed by atoms with van der Waals surface area (Å²) in [5.41, 5.74) is 2.18. The lowest BCUT2D eigenvalue weighted by atomic mass is 10.1. The van der Waals surface area contributed by atoms with Crippen LogP contribution in [-0.4, -0.2) is 22.8 Å². The fourth-order valence-corrected chi connectivity index (χ4v) is 3.29. The Balaban J connectivity index is 1.69. The number of nitro groups is 1. The molecule has 0 spiro atoms. The summed E-state index contributed by atoms with van der Waals surface area (Å²) in [7, 11) is 0. The molecule has 1 aliphatic heterocycles. The Morgan fingerprint density at radius 3 is 2.41 bits per heavy atom. The zero-order chi connectivity index (χ0) is 23.0. The molecule has 3 aromatic rings. The van der Waals surface area contributed by atoms with Gasteiger partial charge in [0.05, 0.1) is 10.6 Å². The molecular formula is C23H17N3O6. The second kappa shape index (κ2) is 7.95. The number of hydrogen-bond acceptors (Lipinski definition) is 6. The number of aryl methyl sites for hydroxylation is 2. The van der Waals surface area contributed by atoms with Crippen molar-refractivity contribution in [3.8, 4) is 11.3 Å². The molecular weight excluding hydrogens is 414 g/mol. The third-order valence-electron chi connectivity index (χ3n) is 5.00. The first-order chi connectivity index (χ1) is 15.2. The second-order valence-corrected chi connectivity index (χ2v) is 7.25. The largest absolute Gasteiger partial charge is 0.457 e. The summed E-state index contributed by atoms with van der Waals surface area (Å²) in [6, 6.07) is 13.4. The van der Waals surface area contributed by atoms with E-state index in [0.29, 0.717) is 17.0 Å². The van der Waals surface area contributed by atoms with Gasteiger partial charge >= 0.3 is 6.03 Å². The fourth-order valence-electron chi connectivity index (χ4n) is 3.29. The Kier molecular flexibility index (Phi) is 5.15. The van der Waals surface area contributed by atoms with Gasteiger partial charge in [-0.05, 0) is 49.8 Å². The molecule has 9 nitrogen and oxygen atoms in total. The van der Waals surface area contributed by atoms with Crippen LogP contribution >= 0.6 is 0 Å². The normalized spacial score (nSPS) is 15.2. The van der Waals surface area contributed by atoms with Crippen LogP contribution in [0, 0.1) is 24.0 Å². The zero-order valence-corrected chi connectivity index (χ0v) is 17.1. The van der Waals surface area contributed by atoms with Gasteiger partial charge in [0.25, 0.3) is 17.5 Å². The van der Waals surface area contributed by atoms with Gasteiger partial charge < -0.3 is 4.42 Å². The van der Waals surface area contributed by atoms with Crippen molar-refractivity contribution in [1.82, 2.24) is 5.32 Å². The van der Waals surface area contributed by atoms with Crippen molar-refractivity contribution < 1.29 is 23.7 Å². The van der Waals surface area contributed by atoms with E-state index in [1.54, 1.807) is 43.3 Å². The number of benzene rings is 2. The number of nitrogens with zero attached hydrogens (tertiary/aromatic N) is 2. The molecule has 1 aliphatic rings. The first kappa shape index (κ1) is 20.7. The molecule has 2 heterocycles. The van der Waals surface area contributed by atoms with Crippen LogP contribution in [0.5, 0.6) is 0 Å².